The zero-order valence-electron chi connectivity index (χ0n) is 12.5. The van der Waals surface area contributed by atoms with Crippen molar-refractivity contribution < 1.29 is 35.6 Å². The summed E-state index contributed by atoms with van der Waals surface area (Å²) in [6.07, 6.45) is -1.12. The second-order valence-corrected chi connectivity index (χ2v) is 7.52. The van der Waals surface area contributed by atoms with Crippen molar-refractivity contribution in [2.24, 2.45) is 0 Å². The number of benzene rings is 1. The van der Waals surface area contributed by atoms with Crippen LogP contribution in [0.4, 0.5) is 22.0 Å². The molecule has 0 spiro atoms. The van der Waals surface area contributed by atoms with Gasteiger partial charge in [0.1, 0.15) is 0 Å². The summed E-state index contributed by atoms with van der Waals surface area (Å²) in [5.74, 6) is -10.4. The Labute approximate surface area is 126 Å². The molecule has 0 aliphatic carbocycles. The molecule has 1 aromatic rings. The van der Waals surface area contributed by atoms with Crippen LogP contribution in [0.25, 0.3) is 0 Å². The molecule has 3 nitrogen and oxygen atoms in total. The van der Waals surface area contributed by atoms with Crippen molar-refractivity contribution in [1.82, 2.24) is 0 Å². The second-order valence-electron chi connectivity index (χ2n) is 5.27. The molecule has 0 saturated heterocycles. The highest BCUT2D eigenvalue weighted by Crippen LogP contribution is 2.26. The molecule has 0 radical (unpaired) electrons. The zero-order valence-corrected chi connectivity index (χ0v) is 13.5. The fourth-order valence-corrected chi connectivity index (χ4v) is 4.33. The summed E-state index contributed by atoms with van der Waals surface area (Å²) >= 11 is 0. The van der Waals surface area contributed by atoms with E-state index in [2.05, 4.69) is 0 Å². The van der Waals surface area contributed by atoms with Crippen LogP contribution in [0.5, 0.6) is 0 Å². The molecule has 9 heteroatoms. The number of halogens is 5. The molecule has 0 saturated carbocycles. The fraction of sp³-hybridized carbons (Fsp3) is 0.538. The number of rotatable bonds is 6. The van der Waals surface area contributed by atoms with Crippen molar-refractivity contribution in [3.63, 3.8) is 0 Å². The minimum absolute atomic E-state index is 0.559. The van der Waals surface area contributed by atoms with Crippen LogP contribution in [-0.4, -0.2) is 25.8 Å². The fourth-order valence-electron chi connectivity index (χ4n) is 1.88. The van der Waals surface area contributed by atoms with Gasteiger partial charge in [-0.25, -0.2) is 22.0 Å². The molecule has 0 aromatic heterocycles. The molecule has 126 valence electrons. The minimum atomic E-state index is -4.18. The van der Waals surface area contributed by atoms with Gasteiger partial charge < -0.3 is 13.6 Å². The first-order chi connectivity index (χ1) is 9.98. The van der Waals surface area contributed by atoms with Crippen LogP contribution in [0.2, 0.25) is 0 Å². The smallest absolute Gasteiger partial charge is 0.389 e. The molecule has 1 N–H and O–H groups in total. The Morgan fingerprint density at radius 2 is 1.09 bits per heavy atom. The summed E-state index contributed by atoms with van der Waals surface area (Å²) in [6.45, 7) is 6.17. The van der Waals surface area contributed by atoms with Crippen molar-refractivity contribution in [3.8, 4) is 0 Å². The highest BCUT2D eigenvalue weighted by atomic mass is 28.4. The van der Waals surface area contributed by atoms with E-state index in [9.17, 15) is 26.7 Å². The first kappa shape index (κ1) is 19.0. The molecule has 0 atom stereocenters. The summed E-state index contributed by atoms with van der Waals surface area (Å²) in [5.41, 5.74) is -1.15. The summed E-state index contributed by atoms with van der Waals surface area (Å²) in [4.78, 5) is 10.3. The van der Waals surface area contributed by atoms with Crippen LogP contribution in [0.15, 0.2) is 0 Å². The van der Waals surface area contributed by atoms with Gasteiger partial charge in [0, 0.05) is 23.8 Å². The van der Waals surface area contributed by atoms with Crippen LogP contribution in [0, 0.1) is 29.1 Å². The maximum absolute atomic E-state index is 13.7. The Hall–Kier alpha value is -1.03. The van der Waals surface area contributed by atoms with Gasteiger partial charge in [0.05, 0.1) is 0 Å². The monoisotopic (exact) mass is 344 g/mol. The quantitative estimate of drug-likeness (QED) is 0.373. The van der Waals surface area contributed by atoms with Gasteiger partial charge >= 0.3 is 8.80 Å². The van der Waals surface area contributed by atoms with Crippen LogP contribution in [0.3, 0.4) is 0 Å². The van der Waals surface area contributed by atoms with Crippen molar-refractivity contribution >= 4 is 8.80 Å². The Morgan fingerprint density at radius 3 is 1.41 bits per heavy atom. The van der Waals surface area contributed by atoms with E-state index in [1.807, 2.05) is 0 Å². The molecule has 22 heavy (non-hydrogen) atoms. The molecule has 1 aromatic carbocycles. The lowest BCUT2D eigenvalue weighted by molar-refractivity contribution is 0.0463. The molecular formula is C13H17F5O3Si. The van der Waals surface area contributed by atoms with Crippen molar-refractivity contribution in [3.05, 3.63) is 34.6 Å². The molecule has 1 rings (SSSR count). The van der Waals surface area contributed by atoms with Gasteiger partial charge in [-0.15, -0.1) is 0 Å². The summed E-state index contributed by atoms with van der Waals surface area (Å²) in [7, 11) is -4.18. The number of hydrogen-bond acceptors (Lipinski definition) is 3. The Bertz CT molecular complexity index is 512. The SMILES string of the molecule is CC(C)O[Si](O)(Cc1c(F)c(F)c(F)c(F)c1F)OC(C)C. The Balaban J connectivity index is 3.30. The minimum Gasteiger partial charge on any atom is -0.389 e. The van der Waals surface area contributed by atoms with Gasteiger partial charge in [0.2, 0.25) is 5.82 Å². The predicted octanol–water partition coefficient (Wildman–Crippen LogP) is 3.25. The lowest BCUT2D eigenvalue weighted by Gasteiger charge is -2.28. The zero-order chi connectivity index (χ0) is 17.2. The molecule has 0 fully saturated rings. The van der Waals surface area contributed by atoms with E-state index in [0.717, 1.165) is 0 Å². The molecule has 0 amide bonds. The van der Waals surface area contributed by atoms with E-state index in [4.69, 9.17) is 8.85 Å². The van der Waals surface area contributed by atoms with Crippen LogP contribution in [0.1, 0.15) is 33.3 Å². The van der Waals surface area contributed by atoms with E-state index < -0.39 is 61.7 Å². The molecule has 0 aliphatic rings. The highest BCUT2D eigenvalue weighted by molar-refractivity contribution is 6.58. The van der Waals surface area contributed by atoms with E-state index in [1.165, 1.54) is 0 Å². The molecular weight excluding hydrogens is 327 g/mol. The van der Waals surface area contributed by atoms with E-state index >= 15 is 0 Å². The second kappa shape index (κ2) is 7.03. The summed E-state index contributed by atoms with van der Waals surface area (Å²) < 4.78 is 77.1. The van der Waals surface area contributed by atoms with Gasteiger partial charge in [0.15, 0.2) is 23.3 Å². The van der Waals surface area contributed by atoms with E-state index in [1.54, 1.807) is 27.7 Å². The number of hydrogen-bond donors (Lipinski definition) is 1. The third kappa shape index (κ3) is 4.25. The topological polar surface area (TPSA) is 38.7 Å². The molecule has 0 aliphatic heterocycles. The van der Waals surface area contributed by atoms with Gasteiger partial charge in [-0.05, 0) is 27.7 Å². The van der Waals surface area contributed by atoms with Crippen molar-refractivity contribution in [2.75, 3.05) is 0 Å². The third-order valence-corrected chi connectivity index (χ3v) is 5.02. The Morgan fingerprint density at radius 1 is 0.773 bits per heavy atom. The average Bonchev–Trinajstić information content (AvgIpc) is 2.37. The normalized spacial score (nSPS) is 12.5. The first-order valence-electron chi connectivity index (χ1n) is 6.56. The van der Waals surface area contributed by atoms with Crippen molar-refractivity contribution in [2.45, 2.75) is 45.9 Å². The van der Waals surface area contributed by atoms with Crippen LogP contribution >= 0.6 is 0 Å². The molecule has 0 unspecified atom stereocenters. The molecule has 0 bridgehead atoms. The van der Waals surface area contributed by atoms with Gasteiger partial charge in [-0.1, -0.05) is 0 Å². The van der Waals surface area contributed by atoms with Gasteiger partial charge in [0.25, 0.3) is 0 Å². The maximum Gasteiger partial charge on any atom is 0.503 e. The van der Waals surface area contributed by atoms with Crippen LogP contribution in [-0.2, 0) is 14.9 Å². The third-order valence-electron chi connectivity index (χ3n) is 2.54. The Kier molecular flexibility index (Phi) is 6.08. The van der Waals surface area contributed by atoms with Gasteiger partial charge in [-0.2, -0.15) is 0 Å². The lowest BCUT2D eigenvalue weighted by atomic mass is 10.2. The first-order valence-corrected chi connectivity index (χ1v) is 8.54. The maximum atomic E-state index is 13.7. The molecule has 0 heterocycles. The van der Waals surface area contributed by atoms with Crippen LogP contribution < -0.4 is 0 Å². The standard InChI is InChI=1S/C13H17F5O3Si/c1-6(2)20-22(19,21-7(3)4)5-8-9(14)11(16)13(18)12(17)10(8)15/h6-7,19H,5H2,1-4H3. The lowest BCUT2D eigenvalue weighted by Crippen LogP contribution is -2.49. The average molecular weight is 344 g/mol. The summed E-state index contributed by atoms with van der Waals surface area (Å²) in [6, 6.07) is -0.921. The highest BCUT2D eigenvalue weighted by Gasteiger charge is 2.42. The largest absolute Gasteiger partial charge is 0.503 e. The summed E-state index contributed by atoms with van der Waals surface area (Å²) in [5, 5.41) is 0. The van der Waals surface area contributed by atoms with E-state index in [0.29, 0.717) is 0 Å². The van der Waals surface area contributed by atoms with Gasteiger partial charge in [-0.3, -0.25) is 0 Å². The van der Waals surface area contributed by atoms with Crippen molar-refractivity contribution in [1.29, 1.82) is 0 Å². The predicted molar refractivity (Wildman–Crippen MR) is 70.4 cm³/mol. The van der Waals surface area contributed by atoms with E-state index in [-0.39, 0.29) is 0 Å².